The van der Waals surface area contributed by atoms with Gasteiger partial charge in [0, 0.05) is 17.4 Å². The Labute approximate surface area is 193 Å². The lowest BCUT2D eigenvalue weighted by Crippen LogP contribution is -2.46. The first-order valence-corrected chi connectivity index (χ1v) is 11.2. The molecule has 2 aromatic rings. The number of amides is 1. The Morgan fingerprint density at radius 1 is 1.09 bits per heavy atom. The molecule has 10 heteroatoms. The molecule has 0 N–H and O–H groups in total. The topological polar surface area (TPSA) is 63.5 Å². The summed E-state index contributed by atoms with van der Waals surface area (Å²) < 4.78 is 51.1. The van der Waals surface area contributed by atoms with Crippen LogP contribution >= 0.6 is 11.8 Å². The lowest BCUT2D eigenvalue weighted by Gasteiger charge is -2.33. The van der Waals surface area contributed by atoms with Crippen LogP contribution in [-0.2, 0) is 16.7 Å². The molecule has 0 aliphatic carbocycles. The van der Waals surface area contributed by atoms with Gasteiger partial charge >= 0.3 is 6.18 Å². The first-order chi connectivity index (χ1) is 15.7. The average molecular weight is 478 g/mol. The minimum atomic E-state index is -4.46. The predicted octanol–water partition coefficient (Wildman–Crippen LogP) is 5.27. The monoisotopic (exact) mass is 477 g/mol. The summed E-state index contributed by atoms with van der Waals surface area (Å²) in [5.41, 5.74) is 0.559. The van der Waals surface area contributed by atoms with Gasteiger partial charge in [-0.05, 0) is 23.6 Å². The molecule has 6 nitrogen and oxygen atoms in total. The summed E-state index contributed by atoms with van der Waals surface area (Å²) in [5, 5.41) is 0.412. The largest absolute Gasteiger partial charge is 0.493 e. The van der Waals surface area contributed by atoms with E-state index in [0.717, 1.165) is 17.8 Å². The van der Waals surface area contributed by atoms with E-state index in [-0.39, 0.29) is 23.1 Å². The number of carbonyl (C=O) groups is 1. The van der Waals surface area contributed by atoms with Crippen LogP contribution in [0.15, 0.2) is 46.4 Å². The van der Waals surface area contributed by atoms with Gasteiger partial charge in [-0.1, -0.05) is 43.8 Å². The first-order valence-electron chi connectivity index (χ1n) is 10.2. The van der Waals surface area contributed by atoms with E-state index in [1.165, 1.54) is 26.4 Å². The highest BCUT2D eigenvalue weighted by Crippen LogP contribution is 2.42. The number of halogens is 3. The van der Waals surface area contributed by atoms with Gasteiger partial charge in [0.15, 0.2) is 16.7 Å². The van der Waals surface area contributed by atoms with E-state index < -0.39 is 17.8 Å². The Bertz CT molecular complexity index is 1160. The zero-order chi connectivity index (χ0) is 23.9. The molecule has 0 bridgehead atoms. The van der Waals surface area contributed by atoms with Crippen LogP contribution in [0.3, 0.4) is 0 Å². The molecule has 2 heterocycles. The third-order valence-electron chi connectivity index (χ3n) is 5.45. The molecular formula is C23H22F3N3O3S. The number of thioether (sulfide) groups is 1. The zero-order valence-corrected chi connectivity index (χ0v) is 19.3. The molecular weight excluding hydrogens is 455 g/mol. The number of hydrogen-bond donors (Lipinski definition) is 0. The van der Waals surface area contributed by atoms with Crippen molar-refractivity contribution in [2.45, 2.75) is 31.8 Å². The summed E-state index contributed by atoms with van der Waals surface area (Å²) in [6.07, 6.45) is -4.46. The molecule has 1 amide bonds. The first kappa shape index (κ1) is 23.2. The van der Waals surface area contributed by atoms with Crippen LogP contribution in [0.4, 0.5) is 18.9 Å². The van der Waals surface area contributed by atoms with Crippen molar-refractivity contribution < 1.29 is 27.4 Å². The van der Waals surface area contributed by atoms with E-state index in [4.69, 9.17) is 14.5 Å². The molecule has 174 valence electrons. The predicted molar refractivity (Wildman–Crippen MR) is 121 cm³/mol. The number of aliphatic imine (C=N–C) groups is 2. The molecule has 0 radical (unpaired) electrons. The Morgan fingerprint density at radius 3 is 2.39 bits per heavy atom. The smallest absolute Gasteiger partial charge is 0.416 e. The van der Waals surface area contributed by atoms with E-state index in [9.17, 15) is 18.0 Å². The Hall–Kier alpha value is -3.01. The van der Waals surface area contributed by atoms with Gasteiger partial charge in [-0.3, -0.25) is 9.69 Å². The number of alkyl halides is 3. The zero-order valence-electron chi connectivity index (χ0n) is 18.4. The quantitative estimate of drug-likeness (QED) is 0.587. The van der Waals surface area contributed by atoms with Gasteiger partial charge in [0.05, 0.1) is 25.5 Å². The summed E-state index contributed by atoms with van der Waals surface area (Å²) in [6.45, 7) is 3.79. The lowest BCUT2D eigenvalue weighted by molar-refractivity contribution is -0.138. The fourth-order valence-electron chi connectivity index (χ4n) is 3.91. The van der Waals surface area contributed by atoms with Crippen molar-refractivity contribution >= 4 is 34.4 Å². The molecule has 2 aliphatic rings. The number of rotatable bonds is 5. The highest BCUT2D eigenvalue weighted by atomic mass is 32.2. The van der Waals surface area contributed by atoms with E-state index in [1.54, 1.807) is 23.1 Å². The summed E-state index contributed by atoms with van der Waals surface area (Å²) in [5.74, 6) is 0.951. The summed E-state index contributed by atoms with van der Waals surface area (Å²) in [7, 11) is 3.00. The van der Waals surface area contributed by atoms with Gasteiger partial charge in [-0.25, -0.2) is 4.99 Å². The van der Waals surface area contributed by atoms with Crippen LogP contribution in [0.25, 0.3) is 0 Å². The lowest BCUT2D eigenvalue weighted by atomic mass is 10.0. The van der Waals surface area contributed by atoms with Crippen LogP contribution in [0.5, 0.6) is 11.5 Å². The SMILES string of the molecule is COc1cc2c(cc1OC)C1=NC(=O)[C@@H](C(C)C)N1C(SCc1ccccc1C(F)(F)F)=N2. The molecule has 0 spiro atoms. The van der Waals surface area contributed by atoms with Crippen LogP contribution in [-0.4, -0.2) is 42.1 Å². The van der Waals surface area contributed by atoms with Gasteiger partial charge in [0.2, 0.25) is 0 Å². The molecule has 0 aromatic heterocycles. The third-order valence-corrected chi connectivity index (χ3v) is 6.45. The standard InChI is InChI=1S/C23H22F3N3O3S/c1-12(2)19-21(30)28-20-14-9-17(31-3)18(32-4)10-16(14)27-22(29(19)20)33-11-13-7-5-6-8-15(13)23(24,25)26/h5-10,12,19H,11H2,1-4H3/t19-/m1/s1. The van der Waals surface area contributed by atoms with Crippen molar-refractivity contribution in [2.24, 2.45) is 15.9 Å². The van der Waals surface area contributed by atoms with Crippen molar-refractivity contribution in [2.75, 3.05) is 14.2 Å². The molecule has 4 rings (SSSR count). The van der Waals surface area contributed by atoms with Crippen molar-refractivity contribution in [1.82, 2.24) is 4.90 Å². The summed E-state index contributed by atoms with van der Waals surface area (Å²) in [6, 6.07) is 8.24. The maximum Gasteiger partial charge on any atom is 0.416 e. The number of fused-ring (bicyclic) bond motifs is 3. The Morgan fingerprint density at radius 2 is 1.76 bits per heavy atom. The maximum atomic E-state index is 13.5. The number of ether oxygens (including phenoxy) is 2. The molecule has 0 saturated carbocycles. The molecule has 2 aliphatic heterocycles. The maximum absolute atomic E-state index is 13.5. The van der Waals surface area contributed by atoms with E-state index >= 15 is 0 Å². The van der Waals surface area contributed by atoms with Crippen molar-refractivity contribution in [3.05, 3.63) is 53.1 Å². The number of hydrogen-bond acceptors (Lipinski definition) is 6. The van der Waals surface area contributed by atoms with Crippen LogP contribution in [0.2, 0.25) is 0 Å². The minimum Gasteiger partial charge on any atom is -0.493 e. The molecule has 0 fully saturated rings. The molecule has 1 atom stereocenters. The van der Waals surface area contributed by atoms with Gasteiger partial charge in [0.25, 0.3) is 5.91 Å². The van der Waals surface area contributed by atoms with E-state index in [0.29, 0.717) is 33.8 Å². The second-order valence-corrected chi connectivity index (χ2v) is 8.84. The van der Waals surface area contributed by atoms with E-state index in [1.807, 2.05) is 13.8 Å². The van der Waals surface area contributed by atoms with Crippen molar-refractivity contribution in [3.63, 3.8) is 0 Å². The van der Waals surface area contributed by atoms with Crippen molar-refractivity contribution in [3.8, 4) is 11.5 Å². The normalized spacial score (nSPS) is 17.5. The number of benzene rings is 2. The molecule has 33 heavy (non-hydrogen) atoms. The molecule has 2 aromatic carbocycles. The number of amidine groups is 2. The van der Waals surface area contributed by atoms with Crippen LogP contribution < -0.4 is 9.47 Å². The second kappa shape index (κ2) is 8.74. The van der Waals surface area contributed by atoms with E-state index in [2.05, 4.69) is 4.99 Å². The van der Waals surface area contributed by atoms with Crippen LogP contribution in [0.1, 0.15) is 30.5 Å². The highest BCUT2D eigenvalue weighted by molar-refractivity contribution is 8.13. The number of nitrogens with zero attached hydrogens (tertiary/aromatic N) is 3. The minimum absolute atomic E-state index is 0.0277. The number of carbonyl (C=O) groups excluding carboxylic acids is 1. The molecule has 0 saturated heterocycles. The van der Waals surface area contributed by atoms with Gasteiger partial charge in [-0.2, -0.15) is 18.2 Å². The highest BCUT2D eigenvalue weighted by Gasteiger charge is 2.44. The second-order valence-electron chi connectivity index (χ2n) is 7.89. The van der Waals surface area contributed by atoms with Gasteiger partial charge in [0.1, 0.15) is 11.9 Å². The number of methoxy groups -OCH3 is 2. The third kappa shape index (κ3) is 4.19. The summed E-state index contributed by atoms with van der Waals surface area (Å²) in [4.78, 5) is 23.5. The Balaban J connectivity index is 1.78. The van der Waals surface area contributed by atoms with Crippen molar-refractivity contribution in [1.29, 1.82) is 0 Å². The molecule has 0 unspecified atom stereocenters. The van der Waals surface area contributed by atoms with Crippen LogP contribution in [0, 0.1) is 5.92 Å². The average Bonchev–Trinajstić information content (AvgIpc) is 3.13. The Kier molecular flexibility index (Phi) is 6.13. The fraction of sp³-hybridized carbons (Fsp3) is 0.348. The van der Waals surface area contributed by atoms with Gasteiger partial charge < -0.3 is 9.47 Å². The fourth-order valence-corrected chi connectivity index (χ4v) is 4.95. The van der Waals surface area contributed by atoms with Gasteiger partial charge in [-0.15, -0.1) is 0 Å². The summed E-state index contributed by atoms with van der Waals surface area (Å²) >= 11 is 1.14.